The second-order valence-electron chi connectivity index (χ2n) is 1.03. The second kappa shape index (κ2) is 2.50. The Morgan fingerprint density at radius 2 is 2.29 bits per heavy atom. The molecule has 0 atom stereocenters. The molecule has 0 amide bonds. The predicted molar refractivity (Wildman–Crippen MR) is 29.4 cm³/mol. The molecule has 1 N–H and O–H groups in total. The Balaban J connectivity index is 4.10. The molecule has 0 bridgehead atoms. The zero-order chi connectivity index (χ0) is 5.86. The number of hydrogen-bond acceptors (Lipinski definition) is 2. The normalized spacial score (nSPS) is 7.00. The minimum absolute atomic E-state index is 0.0787. The van der Waals surface area contributed by atoms with Gasteiger partial charge in [0.05, 0.1) is 5.57 Å². The van der Waals surface area contributed by atoms with E-state index >= 15 is 0 Å². The number of carbonyl (C=O) groups is 1. The lowest BCUT2D eigenvalue weighted by atomic mass is 10.4. The van der Waals surface area contributed by atoms with Gasteiger partial charge in [0.15, 0.2) is 0 Å². The summed E-state index contributed by atoms with van der Waals surface area (Å²) >= 11 is 4.18. The van der Waals surface area contributed by atoms with Gasteiger partial charge in [-0.15, -0.1) is 0 Å². The molecule has 0 aliphatic rings. The Labute approximate surface area is 46.5 Å². The molecule has 0 spiro atoms. The molecule has 0 aromatic rings. The molecule has 0 aromatic heterocycles. The number of carboxylic acids is 1. The SMILES string of the molecule is CC(=C=S)C(=O)O. The van der Waals surface area contributed by atoms with Gasteiger partial charge in [-0.2, -0.15) is 0 Å². The zero-order valence-corrected chi connectivity index (χ0v) is 4.58. The van der Waals surface area contributed by atoms with E-state index in [2.05, 4.69) is 17.2 Å². The van der Waals surface area contributed by atoms with E-state index in [4.69, 9.17) is 5.11 Å². The average Bonchev–Trinajstić information content (AvgIpc) is 1.65. The largest absolute Gasteiger partial charge is 0.477 e. The maximum atomic E-state index is 9.76. The molecule has 7 heavy (non-hydrogen) atoms. The van der Waals surface area contributed by atoms with Crippen molar-refractivity contribution in [2.75, 3.05) is 0 Å². The van der Waals surface area contributed by atoms with Crippen LogP contribution in [0.4, 0.5) is 0 Å². The van der Waals surface area contributed by atoms with Gasteiger partial charge in [-0.25, -0.2) is 4.79 Å². The maximum absolute atomic E-state index is 9.76. The summed E-state index contributed by atoms with van der Waals surface area (Å²) in [6, 6.07) is 0. The van der Waals surface area contributed by atoms with E-state index in [9.17, 15) is 4.79 Å². The summed E-state index contributed by atoms with van der Waals surface area (Å²) in [5.74, 6) is -1.00. The Morgan fingerprint density at radius 3 is 2.29 bits per heavy atom. The van der Waals surface area contributed by atoms with Crippen LogP contribution in [0.5, 0.6) is 0 Å². The standard InChI is InChI=1S/C4H4O2S/c1-3(2-7)4(5)6/h1H3,(H,5,6). The molecule has 0 aliphatic heterocycles. The fourth-order valence-corrected chi connectivity index (χ4v) is 0.131. The zero-order valence-electron chi connectivity index (χ0n) is 3.76. The van der Waals surface area contributed by atoms with Crippen molar-refractivity contribution < 1.29 is 9.90 Å². The fraction of sp³-hybridized carbons (Fsp3) is 0.250. The van der Waals surface area contributed by atoms with Crippen LogP contribution in [0.2, 0.25) is 0 Å². The van der Waals surface area contributed by atoms with Crippen LogP contribution in [0.1, 0.15) is 6.92 Å². The van der Waals surface area contributed by atoms with Crippen molar-refractivity contribution in [2.24, 2.45) is 0 Å². The summed E-state index contributed by atoms with van der Waals surface area (Å²) in [4.78, 5) is 9.76. The summed E-state index contributed by atoms with van der Waals surface area (Å²) in [7, 11) is 0. The summed E-state index contributed by atoms with van der Waals surface area (Å²) in [5, 5.41) is 10.1. The molecule has 0 aliphatic carbocycles. The first-order valence-electron chi connectivity index (χ1n) is 1.63. The molecule has 0 fully saturated rings. The lowest BCUT2D eigenvalue weighted by Gasteiger charge is -1.78. The molecule has 0 rings (SSSR count). The average molecular weight is 116 g/mol. The van der Waals surface area contributed by atoms with Crippen LogP contribution in [0.15, 0.2) is 5.57 Å². The smallest absolute Gasteiger partial charge is 0.340 e. The van der Waals surface area contributed by atoms with E-state index in [1.165, 1.54) is 6.92 Å². The second-order valence-corrected chi connectivity index (χ2v) is 1.24. The lowest BCUT2D eigenvalue weighted by Crippen LogP contribution is -1.94. The molecule has 0 aromatic carbocycles. The first kappa shape index (κ1) is 6.34. The van der Waals surface area contributed by atoms with Crippen molar-refractivity contribution in [3.8, 4) is 0 Å². The first-order valence-corrected chi connectivity index (χ1v) is 2.04. The van der Waals surface area contributed by atoms with Gasteiger partial charge in [-0.05, 0) is 24.2 Å². The van der Waals surface area contributed by atoms with Crippen LogP contribution in [0, 0.1) is 0 Å². The third-order valence-electron chi connectivity index (χ3n) is 0.474. The molecule has 0 saturated carbocycles. The van der Waals surface area contributed by atoms with Gasteiger partial charge in [0, 0.05) is 0 Å². The van der Waals surface area contributed by atoms with Gasteiger partial charge >= 0.3 is 5.97 Å². The number of hydrogen-bond donors (Lipinski definition) is 1. The Morgan fingerprint density at radius 1 is 1.86 bits per heavy atom. The van der Waals surface area contributed by atoms with Gasteiger partial charge < -0.3 is 5.11 Å². The molecule has 0 unspecified atom stereocenters. The van der Waals surface area contributed by atoms with Crippen LogP contribution in [0.25, 0.3) is 0 Å². The van der Waals surface area contributed by atoms with E-state index in [0.29, 0.717) is 0 Å². The molecular weight excluding hydrogens is 112 g/mol. The number of rotatable bonds is 1. The molecule has 0 saturated heterocycles. The highest BCUT2D eigenvalue weighted by Crippen LogP contribution is 1.81. The van der Waals surface area contributed by atoms with Crippen molar-refractivity contribution >= 4 is 23.2 Å². The van der Waals surface area contributed by atoms with E-state index in [1.807, 2.05) is 0 Å². The third kappa shape index (κ3) is 2.09. The van der Waals surface area contributed by atoms with Crippen LogP contribution in [-0.2, 0) is 4.79 Å². The molecular formula is C4H4O2S. The predicted octanol–water partition coefficient (Wildman–Crippen LogP) is 0.616. The first-order chi connectivity index (χ1) is 3.18. The molecule has 3 heteroatoms. The quantitative estimate of drug-likeness (QED) is 0.403. The van der Waals surface area contributed by atoms with Gasteiger partial charge in [0.1, 0.15) is 0 Å². The van der Waals surface area contributed by atoms with Crippen molar-refractivity contribution in [3.05, 3.63) is 5.57 Å². The Hall–Kier alpha value is -0.660. The molecule has 0 heterocycles. The van der Waals surface area contributed by atoms with Crippen LogP contribution >= 0.6 is 12.2 Å². The van der Waals surface area contributed by atoms with E-state index in [-0.39, 0.29) is 5.57 Å². The highest BCUT2D eigenvalue weighted by molar-refractivity contribution is 7.78. The fourth-order valence-electron chi connectivity index (χ4n) is 0.0437. The highest BCUT2D eigenvalue weighted by Gasteiger charge is 1.94. The summed E-state index contributed by atoms with van der Waals surface area (Å²) in [5.41, 5.74) is 0.0787. The van der Waals surface area contributed by atoms with Crippen molar-refractivity contribution in [3.63, 3.8) is 0 Å². The van der Waals surface area contributed by atoms with Gasteiger partial charge in [-0.3, -0.25) is 0 Å². The minimum atomic E-state index is -1.00. The van der Waals surface area contributed by atoms with Gasteiger partial charge in [-0.1, -0.05) is 0 Å². The maximum Gasteiger partial charge on any atom is 0.340 e. The lowest BCUT2D eigenvalue weighted by molar-refractivity contribution is -0.132. The minimum Gasteiger partial charge on any atom is -0.477 e. The molecule has 38 valence electrons. The van der Waals surface area contributed by atoms with Crippen molar-refractivity contribution in [2.45, 2.75) is 6.92 Å². The van der Waals surface area contributed by atoms with Crippen LogP contribution in [-0.4, -0.2) is 16.1 Å². The van der Waals surface area contributed by atoms with Gasteiger partial charge in [0.2, 0.25) is 0 Å². The van der Waals surface area contributed by atoms with E-state index in [0.717, 1.165) is 0 Å². The van der Waals surface area contributed by atoms with Crippen LogP contribution < -0.4 is 0 Å². The van der Waals surface area contributed by atoms with Crippen LogP contribution in [0.3, 0.4) is 0 Å². The Bertz CT molecular complexity index is 133. The highest BCUT2D eigenvalue weighted by atomic mass is 32.1. The van der Waals surface area contributed by atoms with E-state index in [1.54, 1.807) is 0 Å². The monoisotopic (exact) mass is 116 g/mol. The molecule has 0 radical (unpaired) electrons. The van der Waals surface area contributed by atoms with Crippen molar-refractivity contribution in [1.29, 1.82) is 0 Å². The third-order valence-corrected chi connectivity index (χ3v) is 0.780. The summed E-state index contributed by atoms with van der Waals surface area (Å²) < 4.78 is 0. The summed E-state index contributed by atoms with van der Waals surface area (Å²) in [6.07, 6.45) is 0. The number of thiocarbonyl (C=S) groups is 1. The Kier molecular flexibility index (Phi) is 2.27. The number of carboxylic acid groups (broad SMARTS) is 1. The summed E-state index contributed by atoms with van der Waals surface area (Å²) in [6.45, 7) is 1.40. The number of aliphatic carboxylic acids is 1. The van der Waals surface area contributed by atoms with Gasteiger partial charge in [0.25, 0.3) is 0 Å². The van der Waals surface area contributed by atoms with E-state index < -0.39 is 5.97 Å². The van der Waals surface area contributed by atoms with Crippen molar-refractivity contribution in [1.82, 2.24) is 0 Å². The molecule has 2 nitrogen and oxygen atoms in total. The topological polar surface area (TPSA) is 37.3 Å².